The van der Waals surface area contributed by atoms with Gasteiger partial charge in [0, 0.05) is 36.0 Å². The van der Waals surface area contributed by atoms with Crippen LogP contribution in [0.4, 0.5) is 0 Å². The van der Waals surface area contributed by atoms with Crippen LogP contribution in [0.5, 0.6) is 0 Å². The SMILES string of the molecule is Cl.O=C(NC1CCN(C(=O)C2CC23CCNCC3)CC1)c1ccsc1. The summed E-state index contributed by atoms with van der Waals surface area (Å²) in [5.41, 5.74) is 1.05. The van der Waals surface area contributed by atoms with Crippen LogP contribution in [0, 0.1) is 11.3 Å². The van der Waals surface area contributed by atoms with Gasteiger partial charge in [0.2, 0.25) is 5.91 Å². The molecule has 25 heavy (non-hydrogen) atoms. The van der Waals surface area contributed by atoms with Crippen molar-refractivity contribution < 1.29 is 9.59 Å². The molecule has 1 aliphatic carbocycles. The molecule has 138 valence electrons. The highest BCUT2D eigenvalue weighted by Crippen LogP contribution is 2.59. The number of piperidine rings is 2. The first kappa shape index (κ1) is 18.7. The van der Waals surface area contributed by atoms with E-state index in [2.05, 4.69) is 10.6 Å². The second kappa shape index (κ2) is 7.64. The fourth-order valence-corrected chi connectivity index (χ4v) is 4.94. The Hall–Kier alpha value is -1.11. The first-order chi connectivity index (χ1) is 11.7. The molecule has 1 atom stereocenters. The van der Waals surface area contributed by atoms with E-state index in [4.69, 9.17) is 0 Å². The van der Waals surface area contributed by atoms with Crippen molar-refractivity contribution in [2.75, 3.05) is 26.2 Å². The number of nitrogens with zero attached hydrogens (tertiary/aromatic N) is 1. The van der Waals surface area contributed by atoms with Gasteiger partial charge in [0.1, 0.15) is 0 Å². The Morgan fingerprint density at radius 1 is 1.24 bits per heavy atom. The molecule has 2 amide bonds. The Morgan fingerprint density at radius 2 is 1.96 bits per heavy atom. The Labute approximate surface area is 158 Å². The number of amides is 2. The smallest absolute Gasteiger partial charge is 0.252 e. The van der Waals surface area contributed by atoms with Crippen LogP contribution in [0.1, 0.15) is 42.5 Å². The lowest BCUT2D eigenvalue weighted by molar-refractivity contribution is -0.134. The number of hydrogen-bond acceptors (Lipinski definition) is 4. The van der Waals surface area contributed by atoms with Gasteiger partial charge in [-0.1, -0.05) is 0 Å². The molecule has 2 N–H and O–H groups in total. The molecule has 2 saturated heterocycles. The fourth-order valence-electron chi connectivity index (χ4n) is 4.30. The maximum absolute atomic E-state index is 12.8. The molecule has 1 spiro atoms. The van der Waals surface area contributed by atoms with Crippen molar-refractivity contribution in [2.24, 2.45) is 11.3 Å². The zero-order valence-corrected chi connectivity index (χ0v) is 16.0. The Bertz CT molecular complexity index is 608. The van der Waals surface area contributed by atoms with Crippen molar-refractivity contribution in [1.29, 1.82) is 0 Å². The largest absolute Gasteiger partial charge is 0.349 e. The number of rotatable bonds is 3. The van der Waals surface area contributed by atoms with Crippen LogP contribution in [0.2, 0.25) is 0 Å². The van der Waals surface area contributed by atoms with Crippen LogP contribution >= 0.6 is 23.7 Å². The summed E-state index contributed by atoms with van der Waals surface area (Å²) in [5.74, 6) is 0.632. The molecule has 4 rings (SSSR count). The van der Waals surface area contributed by atoms with E-state index in [9.17, 15) is 9.59 Å². The second-order valence-electron chi connectivity index (χ2n) is 7.45. The fraction of sp³-hybridized carbons (Fsp3) is 0.667. The van der Waals surface area contributed by atoms with Gasteiger partial charge in [-0.2, -0.15) is 11.3 Å². The monoisotopic (exact) mass is 383 g/mol. The lowest BCUT2D eigenvalue weighted by Gasteiger charge is -2.33. The van der Waals surface area contributed by atoms with E-state index in [1.807, 2.05) is 21.7 Å². The van der Waals surface area contributed by atoms with Crippen LogP contribution in [-0.2, 0) is 4.79 Å². The van der Waals surface area contributed by atoms with Crippen LogP contribution in [0.15, 0.2) is 16.8 Å². The Kier molecular flexibility index (Phi) is 5.71. The van der Waals surface area contributed by atoms with E-state index in [0.717, 1.165) is 63.8 Å². The van der Waals surface area contributed by atoms with E-state index in [1.165, 1.54) is 11.3 Å². The standard InChI is InChI=1S/C18H25N3O2S.ClH/c22-16(13-3-10-24-12-13)20-14-1-8-21(9-2-14)17(23)15-11-18(15)4-6-19-7-5-18;/h3,10,12,14-15,19H,1-2,4-9,11H2,(H,20,22);1H. The molecule has 1 saturated carbocycles. The third-order valence-electron chi connectivity index (χ3n) is 6.01. The third kappa shape index (κ3) is 3.86. The lowest BCUT2D eigenvalue weighted by atomic mass is 9.91. The summed E-state index contributed by atoms with van der Waals surface area (Å²) < 4.78 is 0. The molecule has 2 aliphatic heterocycles. The van der Waals surface area contributed by atoms with Gasteiger partial charge in [0.05, 0.1) is 0 Å². The first-order valence-corrected chi connectivity index (χ1v) is 9.95. The van der Waals surface area contributed by atoms with Crippen molar-refractivity contribution in [2.45, 2.75) is 38.1 Å². The number of carbonyl (C=O) groups is 2. The molecule has 3 aliphatic rings. The molecule has 0 bridgehead atoms. The van der Waals surface area contributed by atoms with Gasteiger partial charge in [0.15, 0.2) is 0 Å². The quantitative estimate of drug-likeness (QED) is 0.841. The van der Waals surface area contributed by atoms with Gasteiger partial charge in [-0.25, -0.2) is 0 Å². The number of halogens is 1. The molecule has 3 heterocycles. The number of thiophene rings is 1. The van der Waals surface area contributed by atoms with Gasteiger partial charge in [-0.05, 0) is 62.1 Å². The average molecular weight is 384 g/mol. The predicted octanol–water partition coefficient (Wildman–Crippen LogP) is 2.28. The van der Waals surface area contributed by atoms with Crippen LogP contribution in [0.3, 0.4) is 0 Å². The molecule has 7 heteroatoms. The molecular weight excluding hydrogens is 358 g/mol. The summed E-state index contributed by atoms with van der Waals surface area (Å²) in [5, 5.41) is 10.3. The zero-order chi connectivity index (χ0) is 16.6. The van der Waals surface area contributed by atoms with Crippen LogP contribution in [-0.4, -0.2) is 48.9 Å². The number of nitrogens with one attached hydrogen (secondary N) is 2. The maximum atomic E-state index is 12.8. The highest BCUT2D eigenvalue weighted by Gasteiger charge is 2.58. The summed E-state index contributed by atoms with van der Waals surface area (Å²) in [6.45, 7) is 3.66. The Morgan fingerprint density at radius 3 is 2.60 bits per heavy atom. The second-order valence-corrected chi connectivity index (χ2v) is 8.23. The summed E-state index contributed by atoms with van der Waals surface area (Å²) in [7, 11) is 0. The van der Waals surface area contributed by atoms with Crippen LogP contribution in [0.25, 0.3) is 0 Å². The van der Waals surface area contributed by atoms with Crippen molar-refractivity contribution in [3.8, 4) is 0 Å². The maximum Gasteiger partial charge on any atom is 0.252 e. The summed E-state index contributed by atoms with van der Waals surface area (Å²) in [6.07, 6.45) is 5.11. The van der Waals surface area contributed by atoms with Crippen molar-refractivity contribution in [3.63, 3.8) is 0 Å². The highest BCUT2D eigenvalue weighted by molar-refractivity contribution is 7.08. The van der Waals surface area contributed by atoms with Gasteiger partial charge >= 0.3 is 0 Å². The first-order valence-electron chi connectivity index (χ1n) is 9.00. The van der Waals surface area contributed by atoms with E-state index >= 15 is 0 Å². The average Bonchev–Trinajstić information content (AvgIpc) is 3.05. The number of likely N-dealkylation sites (tertiary alicyclic amines) is 1. The predicted molar refractivity (Wildman–Crippen MR) is 101 cm³/mol. The molecule has 3 fully saturated rings. The normalized spacial score (nSPS) is 25.3. The number of hydrogen-bond donors (Lipinski definition) is 2. The minimum Gasteiger partial charge on any atom is -0.349 e. The minimum absolute atomic E-state index is 0. The molecular formula is C18H26ClN3O2S. The summed E-state index contributed by atoms with van der Waals surface area (Å²) >= 11 is 1.54. The van der Waals surface area contributed by atoms with Crippen LogP contribution < -0.4 is 10.6 Å². The van der Waals surface area contributed by atoms with E-state index in [1.54, 1.807) is 0 Å². The van der Waals surface area contributed by atoms with Gasteiger partial charge in [0.25, 0.3) is 5.91 Å². The third-order valence-corrected chi connectivity index (χ3v) is 6.70. The van der Waals surface area contributed by atoms with Gasteiger partial charge in [-0.15, -0.1) is 12.4 Å². The molecule has 1 unspecified atom stereocenters. The molecule has 1 aromatic heterocycles. The van der Waals surface area contributed by atoms with Crippen molar-refractivity contribution in [1.82, 2.24) is 15.5 Å². The topological polar surface area (TPSA) is 61.4 Å². The Balaban J connectivity index is 0.00000182. The summed E-state index contributed by atoms with van der Waals surface area (Å²) in [4.78, 5) is 26.9. The van der Waals surface area contributed by atoms with E-state index in [0.29, 0.717) is 11.3 Å². The molecule has 0 aromatic carbocycles. The van der Waals surface area contributed by atoms with Crippen molar-refractivity contribution in [3.05, 3.63) is 22.4 Å². The van der Waals surface area contributed by atoms with E-state index < -0.39 is 0 Å². The summed E-state index contributed by atoms with van der Waals surface area (Å²) in [6, 6.07) is 2.04. The number of carbonyl (C=O) groups excluding carboxylic acids is 2. The highest BCUT2D eigenvalue weighted by atomic mass is 35.5. The van der Waals surface area contributed by atoms with Gasteiger partial charge in [-0.3, -0.25) is 9.59 Å². The van der Waals surface area contributed by atoms with E-state index in [-0.39, 0.29) is 30.3 Å². The lowest BCUT2D eigenvalue weighted by Crippen LogP contribution is -2.47. The van der Waals surface area contributed by atoms with Gasteiger partial charge < -0.3 is 15.5 Å². The molecule has 5 nitrogen and oxygen atoms in total. The van der Waals surface area contributed by atoms with Crippen molar-refractivity contribution >= 4 is 35.6 Å². The minimum atomic E-state index is 0. The molecule has 0 radical (unpaired) electrons. The molecule has 1 aromatic rings. The zero-order valence-electron chi connectivity index (χ0n) is 14.3.